The molecule has 0 aliphatic heterocycles. The van der Waals surface area contributed by atoms with Crippen LogP contribution < -0.4 is 10.5 Å². The van der Waals surface area contributed by atoms with Crippen LogP contribution in [0.25, 0.3) is 0 Å². The number of hydrogen-bond donors (Lipinski definition) is 1. The average molecular weight is 191 g/mol. The Morgan fingerprint density at radius 2 is 2.29 bits per heavy atom. The molecule has 0 aromatic heterocycles. The quantitative estimate of drug-likeness (QED) is 0.792. The van der Waals surface area contributed by atoms with Crippen molar-refractivity contribution in [3.05, 3.63) is 29.8 Å². The lowest BCUT2D eigenvalue weighted by Crippen LogP contribution is -2.21. The van der Waals surface area contributed by atoms with Crippen LogP contribution in [0.5, 0.6) is 5.75 Å². The maximum atomic E-state index is 5.84. The molecule has 2 atom stereocenters. The van der Waals surface area contributed by atoms with Crippen molar-refractivity contribution in [2.75, 3.05) is 13.7 Å². The molecule has 0 bridgehead atoms. The van der Waals surface area contributed by atoms with E-state index in [-0.39, 0.29) is 5.41 Å². The van der Waals surface area contributed by atoms with E-state index in [0.717, 1.165) is 12.3 Å². The summed E-state index contributed by atoms with van der Waals surface area (Å²) in [7, 11) is 1.70. The van der Waals surface area contributed by atoms with Gasteiger partial charge in [0.05, 0.1) is 7.11 Å². The van der Waals surface area contributed by atoms with Crippen LogP contribution in [0.4, 0.5) is 0 Å². The molecule has 0 saturated heterocycles. The van der Waals surface area contributed by atoms with Gasteiger partial charge in [-0.15, -0.1) is 0 Å². The molecule has 0 heterocycles. The highest BCUT2D eigenvalue weighted by atomic mass is 16.5. The van der Waals surface area contributed by atoms with Crippen molar-refractivity contribution < 1.29 is 4.74 Å². The highest BCUT2D eigenvalue weighted by molar-refractivity contribution is 5.39. The summed E-state index contributed by atoms with van der Waals surface area (Å²) in [5, 5.41) is 0. The largest absolute Gasteiger partial charge is 0.497 e. The van der Waals surface area contributed by atoms with Crippen LogP contribution in [-0.4, -0.2) is 13.7 Å². The second-order valence-corrected chi connectivity index (χ2v) is 4.20. The van der Waals surface area contributed by atoms with E-state index in [4.69, 9.17) is 10.5 Å². The minimum Gasteiger partial charge on any atom is -0.497 e. The molecular formula is C12H17NO. The number of hydrogen-bond acceptors (Lipinski definition) is 2. The predicted molar refractivity (Wildman–Crippen MR) is 57.5 cm³/mol. The molecule has 2 N–H and O–H groups in total. The second kappa shape index (κ2) is 3.28. The zero-order chi connectivity index (χ0) is 10.2. The third-order valence-corrected chi connectivity index (χ3v) is 3.46. The summed E-state index contributed by atoms with van der Waals surface area (Å²) in [6, 6.07) is 8.27. The SMILES string of the molecule is COc1cccc(C2(CN)CC2C)c1. The predicted octanol–water partition coefficient (Wildman–Crippen LogP) is 1.93. The molecule has 76 valence electrons. The Hall–Kier alpha value is -1.02. The van der Waals surface area contributed by atoms with Crippen molar-refractivity contribution in [3.63, 3.8) is 0 Å². The van der Waals surface area contributed by atoms with E-state index in [1.165, 1.54) is 12.0 Å². The summed E-state index contributed by atoms with van der Waals surface area (Å²) < 4.78 is 5.22. The fourth-order valence-electron chi connectivity index (χ4n) is 2.22. The van der Waals surface area contributed by atoms with Gasteiger partial charge < -0.3 is 10.5 Å². The van der Waals surface area contributed by atoms with Gasteiger partial charge in [-0.05, 0) is 30.0 Å². The number of ether oxygens (including phenoxy) is 1. The molecule has 1 aliphatic rings. The van der Waals surface area contributed by atoms with Gasteiger partial charge in [0.25, 0.3) is 0 Å². The lowest BCUT2D eigenvalue weighted by molar-refractivity contribution is 0.413. The van der Waals surface area contributed by atoms with Crippen molar-refractivity contribution >= 4 is 0 Å². The second-order valence-electron chi connectivity index (χ2n) is 4.20. The van der Waals surface area contributed by atoms with Crippen LogP contribution in [0, 0.1) is 5.92 Å². The van der Waals surface area contributed by atoms with Crippen molar-refractivity contribution in [3.8, 4) is 5.75 Å². The van der Waals surface area contributed by atoms with Crippen LogP contribution in [-0.2, 0) is 5.41 Å². The zero-order valence-electron chi connectivity index (χ0n) is 8.79. The lowest BCUT2D eigenvalue weighted by atomic mass is 9.93. The number of benzene rings is 1. The van der Waals surface area contributed by atoms with E-state index in [1.54, 1.807) is 7.11 Å². The highest BCUT2D eigenvalue weighted by Crippen LogP contribution is 2.53. The Morgan fingerprint density at radius 3 is 2.79 bits per heavy atom. The smallest absolute Gasteiger partial charge is 0.119 e. The van der Waals surface area contributed by atoms with Crippen molar-refractivity contribution in [1.82, 2.24) is 0 Å². The first-order chi connectivity index (χ1) is 6.73. The van der Waals surface area contributed by atoms with Gasteiger partial charge in [-0.1, -0.05) is 19.1 Å². The summed E-state index contributed by atoms with van der Waals surface area (Å²) >= 11 is 0. The van der Waals surface area contributed by atoms with Crippen LogP contribution in [0.15, 0.2) is 24.3 Å². The van der Waals surface area contributed by atoms with Gasteiger partial charge in [-0.2, -0.15) is 0 Å². The third kappa shape index (κ3) is 1.30. The molecule has 2 heteroatoms. The molecule has 2 nitrogen and oxygen atoms in total. The summed E-state index contributed by atoms with van der Waals surface area (Å²) in [6.07, 6.45) is 1.21. The fraction of sp³-hybridized carbons (Fsp3) is 0.500. The van der Waals surface area contributed by atoms with E-state index in [1.807, 2.05) is 12.1 Å². The van der Waals surface area contributed by atoms with Crippen LogP contribution in [0.1, 0.15) is 18.9 Å². The van der Waals surface area contributed by atoms with E-state index >= 15 is 0 Å². The number of nitrogens with two attached hydrogens (primary N) is 1. The van der Waals surface area contributed by atoms with E-state index in [9.17, 15) is 0 Å². The normalized spacial score (nSPS) is 30.1. The Bertz CT molecular complexity index is 333. The molecule has 0 radical (unpaired) electrons. The molecule has 0 spiro atoms. The van der Waals surface area contributed by atoms with Crippen molar-refractivity contribution in [1.29, 1.82) is 0 Å². The Balaban J connectivity index is 2.32. The Labute approximate surface area is 85.1 Å². The van der Waals surface area contributed by atoms with Crippen molar-refractivity contribution in [2.24, 2.45) is 11.7 Å². The first kappa shape index (κ1) is 9.53. The first-order valence-corrected chi connectivity index (χ1v) is 5.07. The maximum Gasteiger partial charge on any atom is 0.119 e. The van der Waals surface area contributed by atoms with Crippen LogP contribution in [0.3, 0.4) is 0 Å². The van der Waals surface area contributed by atoms with Gasteiger partial charge in [0.1, 0.15) is 5.75 Å². The average Bonchev–Trinajstić information content (AvgIpc) is 2.91. The van der Waals surface area contributed by atoms with Gasteiger partial charge in [-0.3, -0.25) is 0 Å². The third-order valence-electron chi connectivity index (χ3n) is 3.46. The molecule has 0 amide bonds. The van der Waals surface area contributed by atoms with Crippen molar-refractivity contribution in [2.45, 2.75) is 18.8 Å². The summed E-state index contributed by atoms with van der Waals surface area (Å²) in [4.78, 5) is 0. The van der Waals surface area contributed by atoms with E-state index in [0.29, 0.717) is 5.92 Å². The summed E-state index contributed by atoms with van der Waals surface area (Å²) in [5.74, 6) is 1.63. The lowest BCUT2D eigenvalue weighted by Gasteiger charge is -2.15. The van der Waals surface area contributed by atoms with E-state index in [2.05, 4.69) is 19.1 Å². The molecular weight excluding hydrogens is 174 g/mol. The molecule has 2 rings (SSSR count). The van der Waals surface area contributed by atoms with Crippen LogP contribution >= 0.6 is 0 Å². The first-order valence-electron chi connectivity index (χ1n) is 5.07. The fourth-order valence-corrected chi connectivity index (χ4v) is 2.22. The molecule has 1 saturated carbocycles. The Morgan fingerprint density at radius 1 is 1.57 bits per heavy atom. The minimum atomic E-state index is 0.231. The van der Waals surface area contributed by atoms with Gasteiger partial charge in [0.15, 0.2) is 0 Å². The van der Waals surface area contributed by atoms with Gasteiger partial charge in [-0.25, -0.2) is 0 Å². The zero-order valence-corrected chi connectivity index (χ0v) is 8.79. The summed E-state index contributed by atoms with van der Waals surface area (Å²) in [6.45, 7) is 2.99. The maximum absolute atomic E-state index is 5.84. The van der Waals surface area contributed by atoms with Gasteiger partial charge in [0, 0.05) is 12.0 Å². The topological polar surface area (TPSA) is 35.2 Å². The van der Waals surface area contributed by atoms with Crippen LogP contribution in [0.2, 0.25) is 0 Å². The monoisotopic (exact) mass is 191 g/mol. The van der Waals surface area contributed by atoms with Gasteiger partial charge in [0.2, 0.25) is 0 Å². The van der Waals surface area contributed by atoms with E-state index < -0.39 is 0 Å². The molecule has 14 heavy (non-hydrogen) atoms. The molecule has 2 unspecified atom stereocenters. The molecule has 1 aromatic carbocycles. The molecule has 1 aromatic rings. The number of rotatable bonds is 3. The minimum absolute atomic E-state index is 0.231. The van der Waals surface area contributed by atoms with Gasteiger partial charge >= 0.3 is 0 Å². The highest BCUT2D eigenvalue weighted by Gasteiger charge is 2.51. The number of methoxy groups -OCH3 is 1. The summed E-state index contributed by atoms with van der Waals surface area (Å²) in [5.41, 5.74) is 7.40. The standard InChI is InChI=1S/C12H17NO/c1-9-7-12(9,8-13)10-4-3-5-11(6-10)14-2/h3-6,9H,7-8,13H2,1-2H3. The Kier molecular flexibility index (Phi) is 2.23. The molecule has 1 fully saturated rings. The molecule has 1 aliphatic carbocycles.